The average molecular weight is 400 g/mol. The molecule has 0 saturated heterocycles. The van der Waals surface area contributed by atoms with E-state index in [1.54, 1.807) is 0 Å². The Bertz CT molecular complexity index is 801. The van der Waals surface area contributed by atoms with Crippen molar-refractivity contribution in [3.63, 3.8) is 0 Å². The molecule has 0 aliphatic carbocycles. The van der Waals surface area contributed by atoms with Gasteiger partial charge in [0.15, 0.2) is 0 Å². The van der Waals surface area contributed by atoms with E-state index in [1.165, 1.54) is 16.4 Å². The minimum Gasteiger partial charge on any atom is -0.507 e. The van der Waals surface area contributed by atoms with Crippen LogP contribution in [0.25, 0.3) is 0 Å². The SMILES string of the molecule is CCC(CC)(Pc1ccccc1CN(C)C)c1cc(C)cc(C(C)(C)C)c1O. The van der Waals surface area contributed by atoms with E-state index < -0.39 is 0 Å². The zero-order valence-corrected chi connectivity index (χ0v) is 20.0. The van der Waals surface area contributed by atoms with Crippen molar-refractivity contribution >= 4 is 13.9 Å². The van der Waals surface area contributed by atoms with Crippen molar-refractivity contribution in [1.82, 2.24) is 4.90 Å². The van der Waals surface area contributed by atoms with Gasteiger partial charge < -0.3 is 10.0 Å². The summed E-state index contributed by atoms with van der Waals surface area (Å²) in [4.78, 5) is 2.23. The number of rotatable bonds is 7. The van der Waals surface area contributed by atoms with Crippen LogP contribution in [0.15, 0.2) is 36.4 Å². The average Bonchev–Trinajstić information content (AvgIpc) is 2.61. The Morgan fingerprint density at radius 1 is 0.964 bits per heavy atom. The second kappa shape index (κ2) is 8.97. The lowest BCUT2D eigenvalue weighted by Crippen LogP contribution is -2.26. The fourth-order valence-corrected chi connectivity index (χ4v) is 5.67. The van der Waals surface area contributed by atoms with Crippen molar-refractivity contribution in [3.05, 3.63) is 58.7 Å². The van der Waals surface area contributed by atoms with Crippen molar-refractivity contribution in [3.8, 4) is 5.75 Å². The van der Waals surface area contributed by atoms with E-state index in [2.05, 4.69) is 96.9 Å². The maximum atomic E-state index is 11.3. The maximum Gasteiger partial charge on any atom is 0.123 e. The summed E-state index contributed by atoms with van der Waals surface area (Å²) >= 11 is 0. The van der Waals surface area contributed by atoms with Crippen LogP contribution >= 0.6 is 8.58 Å². The molecule has 2 rings (SSSR count). The smallest absolute Gasteiger partial charge is 0.123 e. The van der Waals surface area contributed by atoms with Crippen molar-refractivity contribution < 1.29 is 5.11 Å². The zero-order chi connectivity index (χ0) is 21.1. The molecule has 0 heterocycles. The molecule has 1 unspecified atom stereocenters. The fraction of sp³-hybridized carbons (Fsp3) is 0.520. The molecule has 2 aromatic rings. The normalized spacial score (nSPS) is 13.0. The summed E-state index contributed by atoms with van der Waals surface area (Å²) in [5, 5.41) is 12.7. The lowest BCUT2D eigenvalue weighted by atomic mass is 9.81. The van der Waals surface area contributed by atoms with Crippen molar-refractivity contribution in [1.29, 1.82) is 0 Å². The molecule has 0 bridgehead atoms. The molecule has 154 valence electrons. The lowest BCUT2D eigenvalue weighted by Gasteiger charge is -2.36. The predicted molar refractivity (Wildman–Crippen MR) is 126 cm³/mol. The Hall–Kier alpha value is -1.37. The standard InChI is InChI=1S/C25H38NOP/c1-9-25(10-2,28-22-14-12-11-13-19(22)17-26(7)8)21-16-18(3)15-20(23(21)27)24(4,5)6/h11-16,27-28H,9-10,17H2,1-8H3. The van der Waals surface area contributed by atoms with Gasteiger partial charge in [-0.25, -0.2) is 0 Å². The van der Waals surface area contributed by atoms with E-state index in [9.17, 15) is 5.11 Å². The molecule has 0 aliphatic rings. The Morgan fingerprint density at radius 2 is 1.54 bits per heavy atom. The van der Waals surface area contributed by atoms with Crippen molar-refractivity contribution in [2.24, 2.45) is 0 Å². The number of benzene rings is 2. The summed E-state index contributed by atoms with van der Waals surface area (Å²) in [5.74, 6) is 0.499. The van der Waals surface area contributed by atoms with Crippen molar-refractivity contribution in [2.45, 2.75) is 71.5 Å². The molecule has 0 aromatic heterocycles. The third-order valence-corrected chi connectivity index (χ3v) is 7.87. The second-order valence-corrected chi connectivity index (χ2v) is 11.0. The molecule has 0 aliphatic heterocycles. The van der Waals surface area contributed by atoms with Gasteiger partial charge in [-0.15, -0.1) is 0 Å². The summed E-state index contributed by atoms with van der Waals surface area (Å²) in [6.45, 7) is 14.2. The predicted octanol–water partition coefficient (Wildman–Crippen LogP) is 6.08. The van der Waals surface area contributed by atoms with Crippen LogP contribution in [0, 0.1) is 6.92 Å². The third kappa shape index (κ3) is 4.97. The van der Waals surface area contributed by atoms with Crippen molar-refractivity contribution in [2.75, 3.05) is 14.1 Å². The minimum absolute atomic E-state index is 0.0431. The van der Waals surface area contributed by atoms with Gasteiger partial charge in [0.2, 0.25) is 0 Å². The highest BCUT2D eigenvalue weighted by Crippen LogP contribution is 2.52. The van der Waals surface area contributed by atoms with Gasteiger partial charge in [0.25, 0.3) is 0 Å². The number of hydrogen-bond acceptors (Lipinski definition) is 2. The van der Waals surface area contributed by atoms with Crippen LogP contribution in [0.2, 0.25) is 0 Å². The summed E-state index contributed by atoms with van der Waals surface area (Å²) in [6.07, 6.45) is 2.03. The first-order valence-corrected chi connectivity index (χ1v) is 11.4. The summed E-state index contributed by atoms with van der Waals surface area (Å²) < 4.78 is 0. The molecular formula is C25H38NOP. The Morgan fingerprint density at radius 3 is 2.07 bits per heavy atom. The van der Waals surface area contributed by atoms with Crippen LogP contribution in [0.4, 0.5) is 0 Å². The first-order valence-electron chi connectivity index (χ1n) is 10.4. The minimum atomic E-state index is -0.0793. The Kier molecular flexibility index (Phi) is 7.34. The quantitative estimate of drug-likeness (QED) is 0.571. The van der Waals surface area contributed by atoms with Crippen LogP contribution in [0.5, 0.6) is 5.75 Å². The first kappa shape index (κ1) is 22.9. The number of aromatic hydroxyl groups is 1. The summed E-state index contributed by atoms with van der Waals surface area (Å²) in [5.41, 5.74) is 4.72. The van der Waals surface area contributed by atoms with Crippen LogP contribution in [0.3, 0.4) is 0 Å². The number of phenolic OH excluding ortho intramolecular Hbond substituents is 1. The molecule has 1 N–H and O–H groups in total. The molecule has 0 fully saturated rings. The van der Waals surface area contributed by atoms with E-state index >= 15 is 0 Å². The topological polar surface area (TPSA) is 23.5 Å². The van der Waals surface area contributed by atoms with Gasteiger partial charge in [0, 0.05) is 17.3 Å². The molecule has 0 saturated carbocycles. The van der Waals surface area contributed by atoms with Gasteiger partial charge in [0.1, 0.15) is 5.75 Å². The van der Waals surface area contributed by atoms with Crippen LogP contribution in [0.1, 0.15) is 69.7 Å². The first-order chi connectivity index (χ1) is 13.0. The molecule has 2 nitrogen and oxygen atoms in total. The van der Waals surface area contributed by atoms with Crippen LogP contribution in [-0.2, 0) is 17.1 Å². The number of hydrogen-bond donors (Lipinski definition) is 1. The summed E-state index contributed by atoms with van der Waals surface area (Å²) in [7, 11) is 4.87. The van der Waals surface area contributed by atoms with Gasteiger partial charge in [-0.1, -0.05) is 85.2 Å². The molecule has 1 atom stereocenters. The second-order valence-electron chi connectivity index (χ2n) is 9.27. The molecule has 3 heteroatoms. The molecule has 2 aromatic carbocycles. The highest BCUT2D eigenvalue weighted by atomic mass is 31.1. The van der Waals surface area contributed by atoms with Gasteiger partial charge >= 0.3 is 0 Å². The molecule has 28 heavy (non-hydrogen) atoms. The fourth-order valence-electron chi connectivity index (χ4n) is 3.97. The van der Waals surface area contributed by atoms with E-state index in [1.807, 2.05) is 0 Å². The van der Waals surface area contributed by atoms with E-state index in [0.717, 1.165) is 30.5 Å². The van der Waals surface area contributed by atoms with E-state index in [0.29, 0.717) is 14.3 Å². The number of phenols is 1. The molecular weight excluding hydrogens is 361 g/mol. The molecule has 0 spiro atoms. The highest BCUT2D eigenvalue weighted by molar-refractivity contribution is 7.48. The monoisotopic (exact) mass is 399 g/mol. The van der Waals surface area contributed by atoms with E-state index in [-0.39, 0.29) is 10.6 Å². The Labute approximate surface area is 174 Å². The highest BCUT2D eigenvalue weighted by Gasteiger charge is 2.34. The number of aryl methyl sites for hydroxylation is 1. The molecule has 0 radical (unpaired) electrons. The molecule has 0 amide bonds. The van der Waals surface area contributed by atoms with Gasteiger partial charge in [-0.05, 0) is 55.7 Å². The van der Waals surface area contributed by atoms with Gasteiger partial charge in [0.05, 0.1) is 0 Å². The summed E-state index contributed by atoms with van der Waals surface area (Å²) in [6, 6.07) is 13.2. The Balaban J connectivity index is 2.62. The van der Waals surface area contributed by atoms with Gasteiger partial charge in [-0.3, -0.25) is 0 Å². The lowest BCUT2D eigenvalue weighted by molar-refractivity contribution is 0.403. The third-order valence-electron chi connectivity index (χ3n) is 5.66. The number of nitrogens with zero attached hydrogens (tertiary/aromatic N) is 1. The van der Waals surface area contributed by atoms with Crippen LogP contribution in [-0.4, -0.2) is 24.1 Å². The van der Waals surface area contributed by atoms with E-state index in [4.69, 9.17) is 0 Å². The largest absolute Gasteiger partial charge is 0.507 e. The van der Waals surface area contributed by atoms with Crippen LogP contribution < -0.4 is 5.30 Å². The zero-order valence-electron chi connectivity index (χ0n) is 19.0. The van der Waals surface area contributed by atoms with Gasteiger partial charge in [-0.2, -0.15) is 0 Å². The maximum absolute atomic E-state index is 11.3.